The van der Waals surface area contributed by atoms with Gasteiger partial charge in [0.05, 0.1) is 12.2 Å². The van der Waals surface area contributed by atoms with Gasteiger partial charge in [0.1, 0.15) is 5.82 Å². The summed E-state index contributed by atoms with van der Waals surface area (Å²) in [7, 11) is 1.81. The maximum atomic E-state index is 12.1. The lowest BCUT2D eigenvalue weighted by molar-refractivity contribution is -0.122. The quantitative estimate of drug-likeness (QED) is 0.835. The van der Waals surface area contributed by atoms with Gasteiger partial charge in [-0.25, -0.2) is 4.98 Å². The smallest absolute Gasteiger partial charge is 0.224 e. The Hall–Kier alpha value is -2.70. The van der Waals surface area contributed by atoms with Crippen LogP contribution in [-0.2, 0) is 11.3 Å². The molecule has 25 heavy (non-hydrogen) atoms. The van der Waals surface area contributed by atoms with E-state index in [0.29, 0.717) is 24.8 Å². The van der Waals surface area contributed by atoms with Gasteiger partial charge in [-0.15, -0.1) is 0 Å². The Kier molecular flexibility index (Phi) is 5.77. The molecule has 1 aliphatic rings. The third kappa shape index (κ3) is 4.89. The van der Waals surface area contributed by atoms with Crippen molar-refractivity contribution in [1.29, 1.82) is 0 Å². The summed E-state index contributed by atoms with van der Waals surface area (Å²) in [6.07, 6.45) is 6.08. The Bertz CT molecular complexity index is 685. The highest BCUT2D eigenvalue weighted by atomic mass is 16.1. The van der Waals surface area contributed by atoms with Crippen LogP contribution in [0.4, 0.5) is 11.8 Å². The van der Waals surface area contributed by atoms with E-state index in [1.54, 1.807) is 12.4 Å². The van der Waals surface area contributed by atoms with E-state index in [1.807, 2.05) is 31.3 Å². The van der Waals surface area contributed by atoms with E-state index >= 15 is 0 Å². The molecule has 3 rings (SSSR count). The number of carbonyl (C=O) groups excluding carboxylic acids is 1. The highest BCUT2D eigenvalue weighted by Gasteiger charge is 2.22. The van der Waals surface area contributed by atoms with E-state index in [9.17, 15) is 4.79 Å². The lowest BCUT2D eigenvalue weighted by Crippen LogP contribution is -2.36. The van der Waals surface area contributed by atoms with Gasteiger partial charge in [-0.05, 0) is 37.0 Å². The molecule has 0 bridgehead atoms. The highest BCUT2D eigenvalue weighted by molar-refractivity contribution is 5.76. The monoisotopic (exact) mass is 340 g/mol. The minimum absolute atomic E-state index is 0.101. The van der Waals surface area contributed by atoms with Crippen LogP contribution >= 0.6 is 0 Å². The van der Waals surface area contributed by atoms with Crippen molar-refractivity contribution in [2.75, 3.05) is 30.4 Å². The third-order valence-corrected chi connectivity index (χ3v) is 4.47. The first-order chi connectivity index (χ1) is 12.2. The topological polar surface area (TPSA) is 83.0 Å². The van der Waals surface area contributed by atoms with Crippen LogP contribution in [0.15, 0.2) is 36.7 Å². The first-order valence-electron chi connectivity index (χ1n) is 8.67. The van der Waals surface area contributed by atoms with Crippen molar-refractivity contribution in [3.05, 3.63) is 42.4 Å². The van der Waals surface area contributed by atoms with Gasteiger partial charge in [-0.2, -0.15) is 4.98 Å². The van der Waals surface area contributed by atoms with E-state index in [-0.39, 0.29) is 5.91 Å². The average molecular weight is 340 g/mol. The summed E-state index contributed by atoms with van der Waals surface area (Å²) in [5.41, 5.74) is 0.884. The molecular formula is C18H24N6O. The van der Waals surface area contributed by atoms with Gasteiger partial charge in [-0.1, -0.05) is 6.07 Å². The molecule has 1 fully saturated rings. The second kappa shape index (κ2) is 8.41. The second-order valence-electron chi connectivity index (χ2n) is 6.22. The molecule has 2 N–H and O–H groups in total. The number of aromatic nitrogens is 3. The van der Waals surface area contributed by atoms with E-state index < -0.39 is 0 Å². The van der Waals surface area contributed by atoms with Crippen LogP contribution in [0.3, 0.4) is 0 Å². The first-order valence-corrected chi connectivity index (χ1v) is 8.67. The molecule has 0 aromatic carbocycles. The van der Waals surface area contributed by atoms with Crippen molar-refractivity contribution in [3.63, 3.8) is 0 Å². The fourth-order valence-electron chi connectivity index (χ4n) is 3.04. The molecule has 0 radical (unpaired) electrons. The minimum Gasteiger partial charge on any atom is -0.357 e. The molecular weight excluding hydrogens is 316 g/mol. The molecule has 7 heteroatoms. The van der Waals surface area contributed by atoms with Gasteiger partial charge in [0, 0.05) is 39.0 Å². The number of nitrogens with one attached hydrogen (secondary N) is 2. The van der Waals surface area contributed by atoms with E-state index in [0.717, 1.165) is 37.4 Å². The van der Waals surface area contributed by atoms with Gasteiger partial charge in [-0.3, -0.25) is 9.78 Å². The summed E-state index contributed by atoms with van der Waals surface area (Å²) in [4.78, 5) is 27.2. The predicted molar refractivity (Wildman–Crippen MR) is 97.2 cm³/mol. The molecule has 0 saturated carbocycles. The van der Waals surface area contributed by atoms with Crippen molar-refractivity contribution in [1.82, 2.24) is 20.3 Å². The maximum Gasteiger partial charge on any atom is 0.224 e. The van der Waals surface area contributed by atoms with Crippen LogP contribution < -0.4 is 15.5 Å². The predicted octanol–water partition coefficient (Wildman–Crippen LogP) is 1.84. The maximum absolute atomic E-state index is 12.1. The van der Waals surface area contributed by atoms with Crippen LogP contribution in [0.5, 0.6) is 0 Å². The number of nitrogens with zero attached hydrogens (tertiary/aromatic N) is 4. The van der Waals surface area contributed by atoms with Crippen molar-refractivity contribution < 1.29 is 4.79 Å². The largest absolute Gasteiger partial charge is 0.357 e. The van der Waals surface area contributed by atoms with Gasteiger partial charge < -0.3 is 15.5 Å². The number of rotatable bonds is 6. The number of pyridine rings is 1. The average Bonchev–Trinajstić information content (AvgIpc) is 2.68. The number of anilines is 2. The van der Waals surface area contributed by atoms with E-state index in [2.05, 4.69) is 30.5 Å². The Morgan fingerprint density at radius 3 is 2.76 bits per heavy atom. The molecule has 1 aliphatic heterocycles. The molecule has 1 saturated heterocycles. The molecule has 1 amide bonds. The van der Waals surface area contributed by atoms with Crippen LogP contribution in [-0.4, -0.2) is 41.0 Å². The van der Waals surface area contributed by atoms with E-state index in [4.69, 9.17) is 0 Å². The Morgan fingerprint density at radius 1 is 1.20 bits per heavy atom. The lowest BCUT2D eigenvalue weighted by atomic mass is 9.93. The standard InChI is InChI=1S/C18H24N6O/c1-19-18-21-9-5-16(23-18)24-10-6-14(7-11-24)12-17(25)22-13-15-4-2-3-8-20-15/h2-5,8-9,14H,6-7,10-13H2,1H3,(H,22,25)(H,19,21,23). The SMILES string of the molecule is CNc1nccc(N2CCC(CC(=O)NCc3ccccn3)CC2)n1. The molecule has 0 atom stereocenters. The summed E-state index contributed by atoms with van der Waals surface area (Å²) >= 11 is 0. The summed E-state index contributed by atoms with van der Waals surface area (Å²) in [6, 6.07) is 7.65. The summed E-state index contributed by atoms with van der Waals surface area (Å²) in [5, 5.41) is 5.92. The fraction of sp³-hybridized carbons (Fsp3) is 0.444. The van der Waals surface area contributed by atoms with Crippen LogP contribution in [0.1, 0.15) is 25.0 Å². The van der Waals surface area contributed by atoms with Gasteiger partial charge >= 0.3 is 0 Å². The molecule has 0 spiro atoms. The number of hydrogen-bond acceptors (Lipinski definition) is 6. The van der Waals surface area contributed by atoms with Gasteiger partial charge in [0.2, 0.25) is 11.9 Å². The van der Waals surface area contributed by atoms with Crippen LogP contribution in [0.2, 0.25) is 0 Å². The Labute approximate surface area is 147 Å². The van der Waals surface area contributed by atoms with Crippen molar-refractivity contribution in [3.8, 4) is 0 Å². The summed E-state index contributed by atoms with van der Waals surface area (Å²) in [5.74, 6) is 2.10. The Morgan fingerprint density at radius 2 is 2.04 bits per heavy atom. The number of hydrogen-bond donors (Lipinski definition) is 2. The van der Waals surface area contributed by atoms with Crippen molar-refractivity contribution >= 4 is 17.7 Å². The molecule has 132 valence electrons. The van der Waals surface area contributed by atoms with Crippen LogP contribution in [0.25, 0.3) is 0 Å². The van der Waals surface area contributed by atoms with Gasteiger partial charge in [0.15, 0.2) is 0 Å². The Balaban J connectivity index is 1.43. The molecule has 0 aliphatic carbocycles. The second-order valence-corrected chi connectivity index (χ2v) is 6.22. The zero-order valence-electron chi connectivity index (χ0n) is 14.5. The number of amides is 1. The molecule has 0 unspecified atom stereocenters. The normalized spacial score (nSPS) is 15.0. The number of carbonyl (C=O) groups is 1. The molecule has 2 aromatic rings. The first kappa shape index (κ1) is 17.1. The van der Waals surface area contributed by atoms with Gasteiger partial charge in [0.25, 0.3) is 0 Å². The number of piperidine rings is 1. The zero-order valence-corrected chi connectivity index (χ0v) is 14.5. The van der Waals surface area contributed by atoms with Crippen LogP contribution in [0, 0.1) is 5.92 Å². The lowest BCUT2D eigenvalue weighted by Gasteiger charge is -2.32. The van der Waals surface area contributed by atoms with Crippen molar-refractivity contribution in [2.24, 2.45) is 5.92 Å². The summed E-state index contributed by atoms with van der Waals surface area (Å²) < 4.78 is 0. The third-order valence-electron chi connectivity index (χ3n) is 4.47. The van der Waals surface area contributed by atoms with E-state index in [1.165, 1.54) is 0 Å². The molecule has 7 nitrogen and oxygen atoms in total. The zero-order chi connectivity index (χ0) is 17.5. The summed E-state index contributed by atoms with van der Waals surface area (Å²) in [6.45, 7) is 2.32. The minimum atomic E-state index is 0.101. The fourth-order valence-corrected chi connectivity index (χ4v) is 3.04. The highest BCUT2D eigenvalue weighted by Crippen LogP contribution is 2.24. The van der Waals surface area contributed by atoms with Crippen molar-refractivity contribution in [2.45, 2.75) is 25.8 Å². The molecule has 2 aromatic heterocycles. The molecule has 3 heterocycles.